The highest BCUT2D eigenvalue weighted by Gasteiger charge is 2.34. The van der Waals surface area contributed by atoms with Gasteiger partial charge in [0.05, 0.1) is 0 Å². The molecule has 0 atom stereocenters. The minimum Gasteiger partial charge on any atom is -0.342 e. The Hall–Kier alpha value is -0.570. The number of carbonyl (C=O) groups is 1. The zero-order chi connectivity index (χ0) is 11.4. The average Bonchev–Trinajstić information content (AvgIpc) is 3.13. The zero-order valence-electron chi connectivity index (χ0n) is 10.4. The molecule has 3 nitrogen and oxygen atoms in total. The molecule has 0 aromatic rings. The van der Waals surface area contributed by atoms with Crippen molar-refractivity contribution >= 4 is 5.91 Å². The fourth-order valence-corrected chi connectivity index (χ4v) is 2.38. The molecule has 1 saturated carbocycles. The Labute approximate surface area is 98.6 Å². The minimum atomic E-state index is 0.393. The van der Waals surface area contributed by atoms with Gasteiger partial charge >= 0.3 is 0 Å². The third-order valence-electron chi connectivity index (χ3n) is 3.70. The summed E-state index contributed by atoms with van der Waals surface area (Å²) in [5.74, 6) is 0.816. The van der Waals surface area contributed by atoms with Crippen molar-refractivity contribution in [2.24, 2.45) is 5.92 Å². The highest BCUT2D eigenvalue weighted by molar-refractivity contribution is 5.81. The van der Waals surface area contributed by atoms with Crippen molar-refractivity contribution in [3.05, 3.63) is 0 Å². The van der Waals surface area contributed by atoms with E-state index < -0.39 is 0 Å². The Kier molecular flexibility index (Phi) is 4.22. The van der Waals surface area contributed by atoms with Gasteiger partial charge < -0.3 is 10.2 Å². The maximum absolute atomic E-state index is 11.8. The number of hydrogen-bond donors (Lipinski definition) is 1. The van der Waals surface area contributed by atoms with Crippen molar-refractivity contribution in [1.82, 2.24) is 10.2 Å². The van der Waals surface area contributed by atoms with Gasteiger partial charge in [0.1, 0.15) is 0 Å². The molecule has 1 saturated heterocycles. The van der Waals surface area contributed by atoms with Crippen LogP contribution in [0.2, 0.25) is 0 Å². The first-order valence-corrected chi connectivity index (χ1v) is 6.83. The van der Waals surface area contributed by atoms with Crippen molar-refractivity contribution < 1.29 is 4.79 Å². The van der Waals surface area contributed by atoms with Gasteiger partial charge in [-0.15, -0.1) is 0 Å². The molecule has 0 spiro atoms. The highest BCUT2D eigenvalue weighted by Crippen LogP contribution is 2.31. The predicted molar refractivity (Wildman–Crippen MR) is 65.2 cm³/mol. The van der Waals surface area contributed by atoms with Gasteiger partial charge in [-0.2, -0.15) is 0 Å². The first-order chi connectivity index (χ1) is 7.81. The lowest BCUT2D eigenvalue weighted by atomic mass is 10.0. The number of amides is 1. The van der Waals surface area contributed by atoms with Crippen molar-refractivity contribution in [2.45, 2.75) is 51.5 Å². The highest BCUT2D eigenvalue weighted by atomic mass is 16.2. The van der Waals surface area contributed by atoms with Gasteiger partial charge in [0.25, 0.3) is 0 Å². The van der Waals surface area contributed by atoms with Crippen LogP contribution in [0.4, 0.5) is 0 Å². The molecule has 1 amide bonds. The van der Waals surface area contributed by atoms with Crippen molar-refractivity contribution in [3.63, 3.8) is 0 Å². The van der Waals surface area contributed by atoms with Crippen molar-refractivity contribution in [1.29, 1.82) is 0 Å². The van der Waals surface area contributed by atoms with E-state index in [4.69, 9.17) is 0 Å². The number of unbranched alkanes of at least 4 members (excludes halogenated alkanes) is 1. The second kappa shape index (κ2) is 5.67. The Morgan fingerprint density at radius 3 is 2.50 bits per heavy atom. The number of rotatable bonds is 5. The molecular weight excluding hydrogens is 200 g/mol. The van der Waals surface area contributed by atoms with Crippen LogP contribution < -0.4 is 5.32 Å². The lowest BCUT2D eigenvalue weighted by Gasteiger charge is -2.32. The summed E-state index contributed by atoms with van der Waals surface area (Å²) < 4.78 is 0. The van der Waals surface area contributed by atoms with E-state index in [0.29, 0.717) is 17.9 Å². The molecule has 2 fully saturated rings. The molecule has 3 heteroatoms. The Bertz CT molecular complexity index is 230. The van der Waals surface area contributed by atoms with Crippen LogP contribution in [0.25, 0.3) is 0 Å². The molecule has 2 rings (SSSR count). The molecule has 0 aromatic heterocycles. The molecule has 2 aliphatic rings. The first kappa shape index (κ1) is 11.9. The van der Waals surface area contributed by atoms with E-state index in [1.165, 1.54) is 12.8 Å². The lowest BCUT2D eigenvalue weighted by molar-refractivity contribution is -0.133. The number of piperidine rings is 1. The number of nitrogens with one attached hydrogen (secondary N) is 1. The Balaban J connectivity index is 1.63. The second-order valence-electron chi connectivity index (χ2n) is 5.18. The van der Waals surface area contributed by atoms with Gasteiger partial charge in [-0.1, -0.05) is 13.3 Å². The molecule has 0 bridgehead atoms. The molecule has 1 N–H and O–H groups in total. The van der Waals surface area contributed by atoms with Gasteiger partial charge in [0, 0.05) is 25.0 Å². The smallest absolute Gasteiger partial charge is 0.225 e. The molecular formula is C13H24N2O. The van der Waals surface area contributed by atoms with Crippen LogP contribution in [0.3, 0.4) is 0 Å². The standard InChI is InChI=1S/C13H24N2O/c1-2-3-8-14-12-6-9-15(10-7-12)13(16)11-4-5-11/h11-12,14H,2-10H2,1H3. The molecule has 1 heterocycles. The summed E-state index contributed by atoms with van der Waals surface area (Å²) in [4.78, 5) is 13.9. The van der Waals surface area contributed by atoms with E-state index in [9.17, 15) is 4.79 Å². The predicted octanol–water partition coefficient (Wildman–Crippen LogP) is 1.78. The fourth-order valence-electron chi connectivity index (χ4n) is 2.38. The normalized spacial score (nSPS) is 22.4. The van der Waals surface area contributed by atoms with Crippen LogP contribution in [0, 0.1) is 5.92 Å². The Morgan fingerprint density at radius 1 is 1.25 bits per heavy atom. The minimum absolute atomic E-state index is 0.393. The SMILES string of the molecule is CCCCNC1CCN(C(=O)C2CC2)CC1. The molecule has 1 aliphatic heterocycles. The first-order valence-electron chi connectivity index (χ1n) is 6.83. The van der Waals surface area contributed by atoms with Gasteiger partial charge in [-0.05, 0) is 38.6 Å². The summed E-state index contributed by atoms with van der Waals surface area (Å²) in [6.45, 7) is 5.30. The van der Waals surface area contributed by atoms with E-state index in [-0.39, 0.29) is 0 Å². The number of likely N-dealkylation sites (tertiary alicyclic amines) is 1. The fraction of sp³-hybridized carbons (Fsp3) is 0.923. The summed E-state index contributed by atoms with van der Waals surface area (Å²) in [7, 11) is 0. The van der Waals surface area contributed by atoms with E-state index in [1.807, 2.05) is 0 Å². The molecule has 0 unspecified atom stereocenters. The van der Waals surface area contributed by atoms with E-state index in [1.54, 1.807) is 0 Å². The number of hydrogen-bond acceptors (Lipinski definition) is 2. The van der Waals surface area contributed by atoms with E-state index >= 15 is 0 Å². The number of carbonyl (C=O) groups excluding carboxylic acids is 1. The van der Waals surface area contributed by atoms with Crippen LogP contribution in [0.5, 0.6) is 0 Å². The van der Waals surface area contributed by atoms with Crippen LogP contribution in [0.15, 0.2) is 0 Å². The second-order valence-corrected chi connectivity index (χ2v) is 5.18. The van der Waals surface area contributed by atoms with E-state index in [0.717, 1.165) is 45.3 Å². The third kappa shape index (κ3) is 3.21. The lowest BCUT2D eigenvalue weighted by Crippen LogP contribution is -2.45. The number of nitrogens with zero attached hydrogens (tertiary/aromatic N) is 1. The molecule has 0 radical (unpaired) electrons. The zero-order valence-corrected chi connectivity index (χ0v) is 10.4. The van der Waals surface area contributed by atoms with Crippen LogP contribution >= 0.6 is 0 Å². The summed E-state index contributed by atoms with van der Waals surface area (Å²) in [5, 5.41) is 3.59. The van der Waals surface area contributed by atoms with Crippen molar-refractivity contribution in [3.8, 4) is 0 Å². The topological polar surface area (TPSA) is 32.3 Å². The molecule has 1 aliphatic carbocycles. The average molecular weight is 224 g/mol. The van der Waals surface area contributed by atoms with Gasteiger partial charge in [0.2, 0.25) is 5.91 Å². The van der Waals surface area contributed by atoms with Crippen LogP contribution in [-0.2, 0) is 4.79 Å². The van der Waals surface area contributed by atoms with Gasteiger partial charge in [-0.25, -0.2) is 0 Å². The Morgan fingerprint density at radius 2 is 1.94 bits per heavy atom. The van der Waals surface area contributed by atoms with Gasteiger partial charge in [-0.3, -0.25) is 4.79 Å². The summed E-state index contributed by atoms with van der Waals surface area (Å²) in [5.41, 5.74) is 0. The van der Waals surface area contributed by atoms with Crippen LogP contribution in [0.1, 0.15) is 45.4 Å². The van der Waals surface area contributed by atoms with Gasteiger partial charge in [0.15, 0.2) is 0 Å². The van der Waals surface area contributed by atoms with E-state index in [2.05, 4.69) is 17.1 Å². The summed E-state index contributed by atoms with van der Waals surface area (Å²) in [6.07, 6.45) is 7.07. The summed E-state index contributed by atoms with van der Waals surface area (Å²) in [6, 6.07) is 0.648. The maximum atomic E-state index is 11.8. The maximum Gasteiger partial charge on any atom is 0.225 e. The van der Waals surface area contributed by atoms with Crippen LogP contribution in [-0.4, -0.2) is 36.5 Å². The quantitative estimate of drug-likeness (QED) is 0.722. The monoisotopic (exact) mass is 224 g/mol. The molecule has 0 aromatic carbocycles. The molecule has 92 valence electrons. The largest absolute Gasteiger partial charge is 0.342 e. The molecule has 16 heavy (non-hydrogen) atoms. The summed E-state index contributed by atoms with van der Waals surface area (Å²) >= 11 is 0. The third-order valence-corrected chi connectivity index (χ3v) is 3.70. The van der Waals surface area contributed by atoms with Crippen molar-refractivity contribution in [2.75, 3.05) is 19.6 Å².